The van der Waals surface area contributed by atoms with Crippen LogP contribution in [0.25, 0.3) is 0 Å². The lowest BCUT2D eigenvalue weighted by Gasteiger charge is -2.10. The van der Waals surface area contributed by atoms with Crippen LogP contribution in [0.1, 0.15) is 4.88 Å². The van der Waals surface area contributed by atoms with Crippen LogP contribution in [0.2, 0.25) is 0 Å². The fourth-order valence-electron chi connectivity index (χ4n) is 1.51. The lowest BCUT2D eigenvalue weighted by Crippen LogP contribution is -2.14. The molecule has 0 aliphatic carbocycles. The summed E-state index contributed by atoms with van der Waals surface area (Å²) in [5, 5.41) is 0. The molecule has 0 saturated heterocycles. The van der Waals surface area contributed by atoms with Crippen molar-refractivity contribution in [3.8, 4) is 0 Å². The second-order valence-electron chi connectivity index (χ2n) is 3.90. The molecule has 0 saturated carbocycles. The Kier molecular flexibility index (Phi) is 5.03. The summed E-state index contributed by atoms with van der Waals surface area (Å²) in [6, 6.07) is 2.96. The maximum Gasteiger partial charge on any atom is 0.264 e. The van der Waals surface area contributed by atoms with E-state index in [2.05, 4.69) is 36.6 Å². The number of sulfonamides is 1. The van der Waals surface area contributed by atoms with Crippen molar-refractivity contribution < 1.29 is 17.2 Å². The van der Waals surface area contributed by atoms with Gasteiger partial charge in [0.2, 0.25) is 0 Å². The molecule has 0 fully saturated rings. The van der Waals surface area contributed by atoms with Gasteiger partial charge in [0.25, 0.3) is 10.0 Å². The standard InChI is InChI=1S/C11H8Br2F2N2O2S2/c12-7-1-5(14)2-8(15)10(7)17-21(18,19)9-3-6(4-16)20-11(9)13/h1-3,17H,4,16H2. The summed E-state index contributed by atoms with van der Waals surface area (Å²) in [6.07, 6.45) is 0. The Morgan fingerprint density at radius 2 is 1.90 bits per heavy atom. The molecule has 2 rings (SSSR count). The molecular weight excluding hydrogens is 454 g/mol. The largest absolute Gasteiger partial charge is 0.326 e. The third-order valence-electron chi connectivity index (χ3n) is 2.44. The molecule has 4 nitrogen and oxygen atoms in total. The van der Waals surface area contributed by atoms with Gasteiger partial charge in [0.15, 0.2) is 5.82 Å². The summed E-state index contributed by atoms with van der Waals surface area (Å²) in [5.74, 6) is -1.83. The quantitative estimate of drug-likeness (QED) is 0.727. The van der Waals surface area contributed by atoms with Crippen LogP contribution in [-0.4, -0.2) is 8.42 Å². The van der Waals surface area contributed by atoms with E-state index in [1.807, 2.05) is 0 Å². The van der Waals surface area contributed by atoms with Crippen LogP contribution in [0.3, 0.4) is 0 Å². The number of hydrogen-bond donors (Lipinski definition) is 2. The highest BCUT2D eigenvalue weighted by Gasteiger charge is 2.23. The number of halogens is 4. The van der Waals surface area contributed by atoms with Crippen molar-refractivity contribution in [1.29, 1.82) is 0 Å². The molecule has 0 bridgehead atoms. The summed E-state index contributed by atoms with van der Waals surface area (Å²) in [4.78, 5) is 0.601. The first-order chi connectivity index (χ1) is 9.74. The molecule has 21 heavy (non-hydrogen) atoms. The van der Waals surface area contributed by atoms with Crippen LogP contribution in [0.4, 0.5) is 14.5 Å². The van der Waals surface area contributed by atoms with E-state index < -0.39 is 21.7 Å². The number of anilines is 1. The molecule has 10 heteroatoms. The van der Waals surface area contributed by atoms with Crippen LogP contribution in [-0.2, 0) is 16.6 Å². The zero-order valence-corrected chi connectivity index (χ0v) is 15.0. The van der Waals surface area contributed by atoms with Crippen LogP contribution < -0.4 is 10.5 Å². The summed E-state index contributed by atoms with van der Waals surface area (Å²) < 4.78 is 53.7. The first-order valence-corrected chi connectivity index (χ1v) is 9.29. The third kappa shape index (κ3) is 3.62. The molecular formula is C11H8Br2F2N2O2S2. The van der Waals surface area contributed by atoms with Gasteiger partial charge in [-0.15, -0.1) is 11.3 Å². The molecule has 1 heterocycles. The number of benzene rings is 1. The van der Waals surface area contributed by atoms with Gasteiger partial charge in [0.05, 0.1) is 9.47 Å². The van der Waals surface area contributed by atoms with E-state index in [1.54, 1.807) is 0 Å². The highest BCUT2D eigenvalue weighted by Crippen LogP contribution is 2.34. The molecule has 0 radical (unpaired) electrons. The Bertz CT molecular complexity index is 771. The maximum absolute atomic E-state index is 13.7. The van der Waals surface area contributed by atoms with Gasteiger partial charge in [-0.1, -0.05) is 0 Å². The van der Waals surface area contributed by atoms with Gasteiger partial charge in [-0.25, -0.2) is 17.2 Å². The highest BCUT2D eigenvalue weighted by molar-refractivity contribution is 9.11. The van der Waals surface area contributed by atoms with Crippen LogP contribution in [0.5, 0.6) is 0 Å². The Morgan fingerprint density at radius 3 is 2.43 bits per heavy atom. The van der Waals surface area contributed by atoms with Crippen molar-refractivity contribution in [2.45, 2.75) is 11.4 Å². The first-order valence-electron chi connectivity index (χ1n) is 5.40. The summed E-state index contributed by atoms with van der Waals surface area (Å²) in [6.45, 7) is 0.188. The average molecular weight is 462 g/mol. The van der Waals surface area contributed by atoms with Crippen LogP contribution >= 0.6 is 43.2 Å². The van der Waals surface area contributed by atoms with Gasteiger partial charge < -0.3 is 5.73 Å². The predicted octanol–water partition coefficient (Wildman–Crippen LogP) is 3.81. The van der Waals surface area contributed by atoms with Gasteiger partial charge >= 0.3 is 0 Å². The fourth-order valence-corrected chi connectivity index (χ4v) is 5.80. The smallest absolute Gasteiger partial charge is 0.264 e. The summed E-state index contributed by atoms with van der Waals surface area (Å²) in [7, 11) is -4.03. The Labute approximate surface area is 140 Å². The van der Waals surface area contributed by atoms with E-state index in [0.29, 0.717) is 14.7 Å². The summed E-state index contributed by atoms with van der Waals surface area (Å²) >= 11 is 7.23. The van der Waals surface area contributed by atoms with Crippen LogP contribution in [0, 0.1) is 11.6 Å². The minimum atomic E-state index is -4.03. The molecule has 114 valence electrons. The van der Waals surface area contributed by atoms with Crippen molar-refractivity contribution in [1.82, 2.24) is 0 Å². The summed E-state index contributed by atoms with van der Waals surface area (Å²) in [5.41, 5.74) is 5.10. The lowest BCUT2D eigenvalue weighted by atomic mass is 10.3. The van der Waals surface area contributed by atoms with Crippen molar-refractivity contribution >= 4 is 58.9 Å². The molecule has 1 aromatic heterocycles. The highest BCUT2D eigenvalue weighted by atomic mass is 79.9. The molecule has 0 amide bonds. The number of nitrogens with one attached hydrogen (secondary N) is 1. The molecule has 3 N–H and O–H groups in total. The molecule has 0 aliphatic heterocycles. The predicted molar refractivity (Wildman–Crippen MR) is 84.8 cm³/mol. The third-order valence-corrected chi connectivity index (χ3v) is 6.69. The Hall–Kier alpha value is -0.550. The molecule has 1 aromatic carbocycles. The van der Waals surface area contributed by atoms with Crippen molar-refractivity contribution in [3.05, 3.63) is 43.0 Å². The van der Waals surface area contributed by atoms with E-state index in [0.717, 1.165) is 6.07 Å². The molecule has 0 unspecified atom stereocenters. The van der Waals surface area contributed by atoms with Gasteiger partial charge in [-0.05, 0) is 44.0 Å². The topological polar surface area (TPSA) is 72.2 Å². The Morgan fingerprint density at radius 1 is 1.24 bits per heavy atom. The zero-order valence-electron chi connectivity index (χ0n) is 10.2. The van der Waals surface area contributed by atoms with Crippen molar-refractivity contribution in [2.24, 2.45) is 5.73 Å². The van der Waals surface area contributed by atoms with Crippen molar-refractivity contribution in [2.75, 3.05) is 4.72 Å². The van der Waals surface area contributed by atoms with Crippen LogP contribution in [0.15, 0.2) is 31.4 Å². The van der Waals surface area contributed by atoms with Crippen molar-refractivity contribution in [3.63, 3.8) is 0 Å². The van der Waals surface area contributed by atoms with E-state index in [1.165, 1.54) is 17.4 Å². The fraction of sp³-hybridized carbons (Fsp3) is 0.0909. The molecule has 0 aliphatic rings. The molecule has 0 spiro atoms. The number of nitrogens with two attached hydrogens (primary N) is 1. The average Bonchev–Trinajstić information content (AvgIpc) is 2.76. The SMILES string of the molecule is NCc1cc(S(=O)(=O)Nc2c(F)cc(F)cc2Br)c(Br)s1. The molecule has 0 atom stereocenters. The van der Waals surface area contributed by atoms with E-state index >= 15 is 0 Å². The van der Waals surface area contributed by atoms with E-state index in [-0.39, 0.29) is 21.6 Å². The second kappa shape index (κ2) is 6.29. The van der Waals surface area contributed by atoms with Gasteiger partial charge in [0.1, 0.15) is 10.7 Å². The number of rotatable bonds is 4. The van der Waals surface area contributed by atoms with Gasteiger partial charge in [0, 0.05) is 22.0 Å². The minimum absolute atomic E-state index is 0.0334. The van der Waals surface area contributed by atoms with Gasteiger partial charge in [-0.2, -0.15) is 0 Å². The zero-order chi connectivity index (χ0) is 15.8. The van der Waals surface area contributed by atoms with Gasteiger partial charge in [-0.3, -0.25) is 4.72 Å². The van der Waals surface area contributed by atoms with E-state index in [4.69, 9.17) is 5.73 Å². The monoisotopic (exact) mass is 460 g/mol. The maximum atomic E-state index is 13.7. The molecule has 2 aromatic rings. The normalized spacial score (nSPS) is 11.7. The second-order valence-corrected chi connectivity index (χ2v) is 8.86. The Balaban J connectivity index is 2.44. The minimum Gasteiger partial charge on any atom is -0.326 e. The number of thiophene rings is 1. The first kappa shape index (κ1) is 16.8. The van der Waals surface area contributed by atoms with E-state index in [9.17, 15) is 17.2 Å². The lowest BCUT2D eigenvalue weighted by molar-refractivity contribution is 0.581. The number of hydrogen-bond acceptors (Lipinski definition) is 4.